The van der Waals surface area contributed by atoms with E-state index in [9.17, 15) is 29.7 Å². The zero-order valence-corrected chi connectivity index (χ0v) is 25.5. The van der Waals surface area contributed by atoms with Crippen molar-refractivity contribution in [2.24, 2.45) is 0 Å². The quantitative estimate of drug-likeness (QED) is 0.187. The zero-order chi connectivity index (χ0) is 33.4. The molecule has 0 saturated heterocycles. The van der Waals surface area contributed by atoms with Crippen LogP contribution in [-0.2, 0) is 9.53 Å². The maximum atomic E-state index is 13.1. The summed E-state index contributed by atoms with van der Waals surface area (Å²) < 4.78 is 34.7. The summed E-state index contributed by atoms with van der Waals surface area (Å²) in [6.45, 7) is 2.67. The second kappa shape index (κ2) is 12.6. The first-order valence-corrected chi connectivity index (χ1v) is 14.5. The molecule has 242 valence electrons. The number of phenols is 2. The van der Waals surface area contributed by atoms with Gasteiger partial charge >= 0.3 is 11.9 Å². The van der Waals surface area contributed by atoms with Crippen LogP contribution in [0.25, 0.3) is 0 Å². The smallest absolute Gasteiger partial charge is 0.342 e. The van der Waals surface area contributed by atoms with Gasteiger partial charge in [-0.2, -0.15) is 0 Å². The SMILES string of the molecule is COc1cc(C2Oc3cc([C@@H]4Oc5cc(C)cc(O)c5C(=O)C4O)ccc3O[C@H]2COC(=O)c2ccccc2OC(C)=O)ccc1O. The van der Waals surface area contributed by atoms with Gasteiger partial charge < -0.3 is 43.7 Å². The lowest BCUT2D eigenvalue weighted by Crippen LogP contribution is -2.38. The van der Waals surface area contributed by atoms with Gasteiger partial charge in [-0.15, -0.1) is 0 Å². The van der Waals surface area contributed by atoms with Crippen LogP contribution < -0.4 is 23.7 Å². The minimum atomic E-state index is -1.61. The minimum Gasteiger partial charge on any atom is -0.507 e. The molecule has 0 aliphatic carbocycles. The number of phenolic OH excluding ortho intramolecular Hbond substituents is 2. The Morgan fingerprint density at radius 2 is 1.53 bits per heavy atom. The Kier molecular flexibility index (Phi) is 8.35. The highest BCUT2D eigenvalue weighted by Gasteiger charge is 2.41. The molecule has 0 aromatic heterocycles. The first-order chi connectivity index (χ1) is 22.5. The number of fused-ring (bicyclic) bond motifs is 2. The highest BCUT2D eigenvalue weighted by Crippen LogP contribution is 2.45. The molecule has 2 unspecified atom stereocenters. The average Bonchev–Trinajstić information content (AvgIpc) is 3.04. The van der Waals surface area contributed by atoms with E-state index in [1.165, 1.54) is 38.3 Å². The van der Waals surface area contributed by atoms with Crippen molar-refractivity contribution in [1.82, 2.24) is 0 Å². The molecule has 0 amide bonds. The van der Waals surface area contributed by atoms with E-state index in [0.717, 1.165) is 0 Å². The topological polar surface area (TPSA) is 167 Å². The van der Waals surface area contributed by atoms with E-state index in [1.54, 1.807) is 55.5 Å². The number of aromatic hydroxyl groups is 2. The third-order valence-corrected chi connectivity index (χ3v) is 7.72. The Balaban J connectivity index is 1.30. The van der Waals surface area contributed by atoms with E-state index in [4.69, 9.17) is 28.4 Å². The van der Waals surface area contributed by atoms with Crippen molar-refractivity contribution in [3.63, 3.8) is 0 Å². The molecule has 0 bridgehead atoms. The Morgan fingerprint density at radius 3 is 2.30 bits per heavy atom. The van der Waals surface area contributed by atoms with E-state index in [2.05, 4.69) is 0 Å². The third-order valence-electron chi connectivity index (χ3n) is 7.72. The van der Waals surface area contributed by atoms with Crippen LogP contribution in [0.5, 0.6) is 40.2 Å². The van der Waals surface area contributed by atoms with E-state index in [1.807, 2.05) is 0 Å². The Morgan fingerprint density at radius 1 is 0.809 bits per heavy atom. The Hall–Kier alpha value is -5.75. The lowest BCUT2D eigenvalue weighted by atomic mass is 9.92. The van der Waals surface area contributed by atoms with Crippen molar-refractivity contribution in [2.75, 3.05) is 13.7 Å². The normalized spacial score (nSPS) is 19.6. The van der Waals surface area contributed by atoms with Crippen LogP contribution in [0.4, 0.5) is 0 Å². The number of aliphatic hydroxyl groups excluding tert-OH is 1. The van der Waals surface area contributed by atoms with E-state index >= 15 is 0 Å². The molecular formula is C35H30O12. The largest absolute Gasteiger partial charge is 0.507 e. The monoisotopic (exact) mass is 642 g/mol. The number of ether oxygens (including phenoxy) is 6. The molecule has 12 heteroatoms. The van der Waals surface area contributed by atoms with E-state index < -0.39 is 42.1 Å². The van der Waals surface area contributed by atoms with Gasteiger partial charge in [-0.05, 0) is 66.6 Å². The molecule has 0 saturated carbocycles. The van der Waals surface area contributed by atoms with Gasteiger partial charge in [0.15, 0.2) is 47.4 Å². The number of rotatable bonds is 7. The van der Waals surface area contributed by atoms with Crippen LogP contribution >= 0.6 is 0 Å². The van der Waals surface area contributed by atoms with Gasteiger partial charge in [0.25, 0.3) is 0 Å². The molecule has 4 atom stereocenters. The van der Waals surface area contributed by atoms with Crippen LogP contribution in [0.3, 0.4) is 0 Å². The number of aryl methyl sites for hydroxylation is 1. The molecule has 6 rings (SSSR count). The molecule has 2 aliphatic rings. The van der Waals surface area contributed by atoms with E-state index in [-0.39, 0.29) is 58.0 Å². The van der Waals surface area contributed by atoms with Crippen molar-refractivity contribution >= 4 is 17.7 Å². The highest BCUT2D eigenvalue weighted by molar-refractivity contribution is 6.05. The van der Waals surface area contributed by atoms with Crippen LogP contribution in [0, 0.1) is 6.92 Å². The van der Waals surface area contributed by atoms with Gasteiger partial charge in [-0.1, -0.05) is 24.3 Å². The van der Waals surface area contributed by atoms with Gasteiger partial charge in [0.2, 0.25) is 5.78 Å². The molecule has 0 fully saturated rings. The summed E-state index contributed by atoms with van der Waals surface area (Å²) >= 11 is 0. The van der Waals surface area contributed by atoms with Gasteiger partial charge in [-0.3, -0.25) is 9.59 Å². The molecule has 2 heterocycles. The third kappa shape index (κ3) is 6.10. The Labute approximate surface area is 268 Å². The van der Waals surface area contributed by atoms with Crippen molar-refractivity contribution in [1.29, 1.82) is 0 Å². The maximum absolute atomic E-state index is 13.1. The summed E-state index contributed by atoms with van der Waals surface area (Å²) in [6, 6.07) is 18.5. The molecule has 4 aromatic carbocycles. The number of benzene rings is 4. The molecule has 0 spiro atoms. The number of methoxy groups -OCH3 is 1. The number of esters is 2. The first kappa shape index (κ1) is 31.2. The number of aliphatic hydroxyl groups is 1. The van der Waals surface area contributed by atoms with Crippen molar-refractivity contribution < 1.29 is 58.1 Å². The second-order valence-corrected chi connectivity index (χ2v) is 11.0. The number of ketones is 1. The molecular weight excluding hydrogens is 612 g/mol. The number of hydrogen-bond donors (Lipinski definition) is 3. The lowest BCUT2D eigenvalue weighted by Gasteiger charge is -2.35. The van der Waals surface area contributed by atoms with Gasteiger partial charge in [0.1, 0.15) is 35.0 Å². The molecule has 0 radical (unpaired) electrons. The summed E-state index contributed by atoms with van der Waals surface area (Å²) in [5, 5.41) is 31.4. The Bertz CT molecular complexity index is 1880. The second-order valence-electron chi connectivity index (χ2n) is 11.0. The fourth-order valence-corrected chi connectivity index (χ4v) is 5.53. The standard InChI is InChI=1S/C35H30O12/c1-17-12-23(38)30-28(13-17)47-34(32(40)31(30)39)20-9-11-25-27(15-20)46-33(19-8-10-22(37)26(14-19)42-3)29(45-25)16-43-35(41)21-6-4-5-7-24(21)44-18(2)36/h4-15,29,32-34,37-38,40H,16H2,1-3H3/t29-,32?,33?,34-/m0/s1. The van der Waals surface area contributed by atoms with Crippen molar-refractivity contribution in [2.45, 2.75) is 38.3 Å². The molecule has 3 N–H and O–H groups in total. The lowest BCUT2D eigenvalue weighted by molar-refractivity contribution is -0.131. The highest BCUT2D eigenvalue weighted by atomic mass is 16.6. The van der Waals surface area contributed by atoms with Gasteiger partial charge in [0, 0.05) is 12.5 Å². The molecule has 47 heavy (non-hydrogen) atoms. The van der Waals surface area contributed by atoms with Gasteiger partial charge in [0.05, 0.1) is 7.11 Å². The predicted octanol–water partition coefficient (Wildman–Crippen LogP) is 4.76. The fraction of sp³-hybridized carbons (Fsp3) is 0.229. The number of carbonyl (C=O) groups is 3. The number of para-hydroxylation sites is 1. The zero-order valence-electron chi connectivity index (χ0n) is 25.5. The van der Waals surface area contributed by atoms with Crippen LogP contribution in [0.1, 0.15) is 56.5 Å². The molecule has 12 nitrogen and oxygen atoms in total. The van der Waals surface area contributed by atoms with Gasteiger partial charge in [-0.25, -0.2) is 4.79 Å². The van der Waals surface area contributed by atoms with Crippen LogP contribution in [0.2, 0.25) is 0 Å². The first-order valence-electron chi connectivity index (χ1n) is 14.5. The minimum absolute atomic E-state index is 0.0398. The summed E-state index contributed by atoms with van der Waals surface area (Å²) in [4.78, 5) is 37.7. The molecule has 2 aliphatic heterocycles. The predicted molar refractivity (Wildman–Crippen MR) is 163 cm³/mol. The van der Waals surface area contributed by atoms with Crippen molar-refractivity contribution in [3.8, 4) is 40.2 Å². The summed E-state index contributed by atoms with van der Waals surface area (Å²) in [5.41, 5.74) is 1.53. The maximum Gasteiger partial charge on any atom is 0.342 e. The fourth-order valence-electron chi connectivity index (χ4n) is 5.53. The van der Waals surface area contributed by atoms with E-state index in [0.29, 0.717) is 16.7 Å². The van der Waals surface area contributed by atoms with Crippen LogP contribution in [0.15, 0.2) is 72.8 Å². The number of carbonyl (C=O) groups excluding carboxylic acids is 3. The number of Topliss-reactive ketones (excluding diaryl/α,β-unsaturated/α-hetero) is 1. The van der Waals surface area contributed by atoms with Crippen LogP contribution in [-0.4, -0.2) is 59.0 Å². The summed E-state index contributed by atoms with van der Waals surface area (Å²) in [7, 11) is 1.40. The summed E-state index contributed by atoms with van der Waals surface area (Å²) in [5.74, 6) is -1.55. The molecule has 4 aromatic rings. The van der Waals surface area contributed by atoms with Crippen molar-refractivity contribution in [3.05, 3.63) is 101 Å². The summed E-state index contributed by atoms with van der Waals surface area (Å²) in [6.07, 6.45) is -4.53. The number of hydrogen-bond acceptors (Lipinski definition) is 12. The average molecular weight is 643 g/mol.